The minimum Gasteiger partial charge on any atom is -0.506 e. The van der Waals surface area contributed by atoms with Crippen molar-refractivity contribution in [2.45, 2.75) is 12.5 Å². The zero-order valence-electron chi connectivity index (χ0n) is 17.7. The number of amides is 2. The molecule has 3 heterocycles. The number of fused-ring (bicyclic) bond motifs is 1. The summed E-state index contributed by atoms with van der Waals surface area (Å²) in [5.74, 6) is -0.415. The number of aromatic nitrogens is 3. The number of nitrogens with one attached hydrogen (secondary N) is 2. The topological polar surface area (TPSA) is 121 Å². The van der Waals surface area contributed by atoms with E-state index in [1.165, 1.54) is 22.8 Å². The van der Waals surface area contributed by atoms with Gasteiger partial charge >= 0.3 is 0 Å². The zero-order valence-corrected chi connectivity index (χ0v) is 19.2. The van der Waals surface area contributed by atoms with Gasteiger partial charge in [0.05, 0.1) is 23.4 Å². The molecule has 0 bridgehead atoms. The summed E-state index contributed by atoms with van der Waals surface area (Å²) in [7, 11) is 1.56. The van der Waals surface area contributed by atoms with Crippen LogP contribution in [0.3, 0.4) is 0 Å². The maximum atomic E-state index is 12.6. The highest BCUT2D eigenvalue weighted by Gasteiger charge is 2.27. The Hall–Kier alpha value is -3.08. The number of benzene rings is 1. The van der Waals surface area contributed by atoms with Crippen LogP contribution in [0.25, 0.3) is 5.65 Å². The van der Waals surface area contributed by atoms with Crippen molar-refractivity contribution in [3.63, 3.8) is 0 Å². The number of imidazole rings is 1. The molecular formula is C21H22Cl2N6O4. The average molecular weight is 493 g/mol. The lowest BCUT2D eigenvalue weighted by molar-refractivity contribution is 0.0924. The van der Waals surface area contributed by atoms with Crippen molar-refractivity contribution in [1.29, 1.82) is 0 Å². The Labute approximate surface area is 199 Å². The molecule has 0 aliphatic carbocycles. The second-order valence-electron chi connectivity index (χ2n) is 7.54. The third-order valence-corrected chi connectivity index (χ3v) is 5.80. The molecule has 0 saturated carbocycles. The number of carbonyl (C=O) groups excluding carboxylic acids is 2. The van der Waals surface area contributed by atoms with Gasteiger partial charge in [-0.3, -0.25) is 9.59 Å². The van der Waals surface area contributed by atoms with Gasteiger partial charge in [0.15, 0.2) is 11.3 Å². The second kappa shape index (κ2) is 9.82. The molecule has 0 radical (unpaired) electrons. The number of anilines is 1. The second-order valence-corrected chi connectivity index (χ2v) is 8.39. The molecule has 174 valence electrons. The van der Waals surface area contributed by atoms with Crippen LogP contribution in [0.5, 0.6) is 5.75 Å². The van der Waals surface area contributed by atoms with Crippen molar-refractivity contribution in [2.75, 3.05) is 38.3 Å². The van der Waals surface area contributed by atoms with Crippen molar-refractivity contribution >= 4 is 46.5 Å². The molecule has 3 N–H and O–H groups in total. The number of phenols is 1. The van der Waals surface area contributed by atoms with Gasteiger partial charge in [0.1, 0.15) is 11.6 Å². The maximum Gasteiger partial charge on any atom is 0.271 e. The lowest BCUT2D eigenvalue weighted by Gasteiger charge is -2.18. The standard InChI is InChI=1S/C21H22Cl2N6O4/c1-33-7-5-24-21(32)16-10-25-17-2-3-18(27-29(16)17)28-6-4-13(11-28)26-20(31)14-8-12(22)9-15(23)19(14)30/h2-3,8-10,13,30H,4-7,11H2,1H3,(H,24,32)(H,26,31)/t13-/m0/s1. The molecule has 1 aliphatic heterocycles. The van der Waals surface area contributed by atoms with E-state index in [2.05, 4.69) is 20.7 Å². The molecule has 4 rings (SSSR count). The largest absolute Gasteiger partial charge is 0.506 e. The Bertz CT molecular complexity index is 1200. The molecule has 10 nitrogen and oxygen atoms in total. The van der Waals surface area contributed by atoms with Crippen LogP contribution in [0.15, 0.2) is 30.5 Å². The Morgan fingerprint density at radius 1 is 1.27 bits per heavy atom. The number of carbonyl (C=O) groups is 2. The number of phenolic OH excluding ortho intramolecular Hbond substituents is 1. The van der Waals surface area contributed by atoms with Crippen LogP contribution < -0.4 is 15.5 Å². The molecule has 12 heteroatoms. The summed E-state index contributed by atoms with van der Waals surface area (Å²) >= 11 is 11.9. The van der Waals surface area contributed by atoms with E-state index in [0.29, 0.717) is 49.8 Å². The van der Waals surface area contributed by atoms with E-state index >= 15 is 0 Å². The highest BCUT2D eigenvalue weighted by molar-refractivity contribution is 6.36. The van der Waals surface area contributed by atoms with Gasteiger partial charge in [-0.05, 0) is 30.7 Å². The predicted molar refractivity (Wildman–Crippen MR) is 123 cm³/mol. The predicted octanol–water partition coefficient (Wildman–Crippen LogP) is 2.13. The molecule has 2 aromatic heterocycles. The van der Waals surface area contributed by atoms with Crippen molar-refractivity contribution < 1.29 is 19.4 Å². The van der Waals surface area contributed by atoms with E-state index in [1.807, 2.05) is 11.0 Å². The van der Waals surface area contributed by atoms with Crippen LogP contribution in [0.1, 0.15) is 27.3 Å². The van der Waals surface area contributed by atoms with Crippen LogP contribution >= 0.6 is 23.2 Å². The Morgan fingerprint density at radius 2 is 2.09 bits per heavy atom. The van der Waals surface area contributed by atoms with Gasteiger partial charge in [0.25, 0.3) is 11.8 Å². The molecule has 1 fully saturated rings. The third-order valence-electron chi connectivity index (χ3n) is 5.29. The van der Waals surface area contributed by atoms with Gasteiger partial charge < -0.3 is 25.4 Å². The average Bonchev–Trinajstić information content (AvgIpc) is 3.42. The smallest absolute Gasteiger partial charge is 0.271 e. The van der Waals surface area contributed by atoms with Gasteiger partial charge in [-0.2, -0.15) is 0 Å². The van der Waals surface area contributed by atoms with Crippen LogP contribution in [-0.4, -0.2) is 70.9 Å². The van der Waals surface area contributed by atoms with Crippen LogP contribution in [0, 0.1) is 0 Å². The third kappa shape index (κ3) is 4.97. The highest BCUT2D eigenvalue weighted by atomic mass is 35.5. The normalized spacial score (nSPS) is 15.7. The Morgan fingerprint density at radius 3 is 2.88 bits per heavy atom. The van der Waals surface area contributed by atoms with E-state index in [9.17, 15) is 14.7 Å². The SMILES string of the molecule is COCCNC(=O)c1cnc2ccc(N3CC[C@H](NC(=O)c4cc(Cl)cc(Cl)c4O)C3)nn12. The number of methoxy groups -OCH3 is 1. The van der Waals surface area contributed by atoms with Crippen molar-refractivity contribution in [1.82, 2.24) is 25.2 Å². The Balaban J connectivity index is 1.45. The van der Waals surface area contributed by atoms with E-state index in [0.717, 1.165) is 0 Å². The summed E-state index contributed by atoms with van der Waals surface area (Å²) in [6.45, 7) is 1.93. The molecule has 1 atom stereocenters. The minimum atomic E-state index is -0.461. The first-order chi connectivity index (χ1) is 15.9. The first-order valence-corrected chi connectivity index (χ1v) is 11.0. The molecular weight excluding hydrogens is 471 g/mol. The lowest BCUT2D eigenvalue weighted by Crippen LogP contribution is -2.37. The number of rotatable bonds is 7. The van der Waals surface area contributed by atoms with Crippen molar-refractivity contribution in [3.05, 3.63) is 51.8 Å². The number of ether oxygens (including phenoxy) is 1. The molecule has 0 unspecified atom stereocenters. The molecule has 33 heavy (non-hydrogen) atoms. The van der Waals surface area contributed by atoms with Gasteiger partial charge in [0, 0.05) is 37.8 Å². The number of aromatic hydroxyl groups is 1. The molecule has 0 spiro atoms. The maximum absolute atomic E-state index is 12.6. The quantitative estimate of drug-likeness (QED) is 0.431. The van der Waals surface area contributed by atoms with Crippen molar-refractivity contribution in [2.24, 2.45) is 0 Å². The van der Waals surface area contributed by atoms with Gasteiger partial charge in [-0.15, -0.1) is 5.10 Å². The molecule has 1 saturated heterocycles. The van der Waals surface area contributed by atoms with Gasteiger partial charge in [-0.25, -0.2) is 9.50 Å². The molecule has 1 aliphatic rings. The van der Waals surface area contributed by atoms with E-state index in [-0.39, 0.29) is 33.3 Å². The van der Waals surface area contributed by atoms with Crippen LogP contribution in [0.4, 0.5) is 5.82 Å². The number of hydrogen-bond donors (Lipinski definition) is 3. The first kappa shape index (κ1) is 23.1. The fourth-order valence-corrected chi connectivity index (χ4v) is 4.13. The summed E-state index contributed by atoms with van der Waals surface area (Å²) in [6, 6.07) is 6.18. The Kier molecular flexibility index (Phi) is 6.87. The van der Waals surface area contributed by atoms with Crippen LogP contribution in [-0.2, 0) is 4.74 Å². The van der Waals surface area contributed by atoms with Gasteiger partial charge in [-0.1, -0.05) is 23.2 Å². The molecule has 3 aromatic rings. The van der Waals surface area contributed by atoms with E-state index in [4.69, 9.17) is 27.9 Å². The first-order valence-electron chi connectivity index (χ1n) is 10.2. The summed E-state index contributed by atoms with van der Waals surface area (Å²) in [4.78, 5) is 31.3. The lowest BCUT2D eigenvalue weighted by atomic mass is 10.1. The summed E-state index contributed by atoms with van der Waals surface area (Å²) in [6.07, 6.45) is 2.15. The van der Waals surface area contributed by atoms with E-state index in [1.54, 1.807) is 13.2 Å². The van der Waals surface area contributed by atoms with Crippen molar-refractivity contribution in [3.8, 4) is 5.75 Å². The highest BCUT2D eigenvalue weighted by Crippen LogP contribution is 2.31. The minimum absolute atomic E-state index is 0.0144. The summed E-state index contributed by atoms with van der Waals surface area (Å²) in [5, 5.41) is 20.6. The number of nitrogens with zero attached hydrogens (tertiary/aromatic N) is 4. The van der Waals surface area contributed by atoms with E-state index < -0.39 is 5.91 Å². The molecule has 2 amide bonds. The molecule has 1 aromatic carbocycles. The fraction of sp³-hybridized carbons (Fsp3) is 0.333. The van der Waals surface area contributed by atoms with Crippen LogP contribution in [0.2, 0.25) is 10.0 Å². The van der Waals surface area contributed by atoms with Gasteiger partial charge in [0.2, 0.25) is 0 Å². The summed E-state index contributed by atoms with van der Waals surface area (Å²) < 4.78 is 6.45. The summed E-state index contributed by atoms with van der Waals surface area (Å²) in [5.41, 5.74) is 0.890. The monoisotopic (exact) mass is 492 g/mol. The number of hydrogen-bond acceptors (Lipinski definition) is 7. The number of halogens is 2. The zero-order chi connectivity index (χ0) is 23.5. The fourth-order valence-electron chi connectivity index (χ4n) is 3.63.